The zero-order valence-electron chi connectivity index (χ0n) is 7.95. The Morgan fingerprint density at radius 1 is 1.79 bits per heavy atom. The Hall–Kier alpha value is -2.09. The highest BCUT2D eigenvalue weighted by atomic mass is 16.1. The first-order valence-corrected chi connectivity index (χ1v) is 3.89. The fourth-order valence-corrected chi connectivity index (χ4v) is 0.615. The summed E-state index contributed by atoms with van der Waals surface area (Å²) in [5.41, 5.74) is 6.17. The summed E-state index contributed by atoms with van der Waals surface area (Å²) in [7, 11) is 0. The number of carbonyl (C=O) groups is 1. The Morgan fingerprint density at radius 2 is 2.43 bits per heavy atom. The van der Waals surface area contributed by atoms with E-state index in [1.54, 1.807) is 19.1 Å². The van der Waals surface area contributed by atoms with Crippen molar-refractivity contribution in [1.82, 2.24) is 5.32 Å². The van der Waals surface area contributed by atoms with Gasteiger partial charge in [0, 0.05) is 12.2 Å². The maximum atomic E-state index is 9.91. The van der Waals surface area contributed by atoms with Crippen molar-refractivity contribution < 1.29 is 4.79 Å². The predicted molar refractivity (Wildman–Crippen MR) is 54.2 cm³/mol. The molecular formula is C9H12N4O. The number of rotatable bonds is 5. The number of nitriles is 1. The fraction of sp³-hybridized carbons (Fsp3) is 0.222. The molecule has 0 spiro atoms. The highest BCUT2D eigenvalue weighted by Gasteiger charge is 1.96. The standard InChI is InChI=1S/C9H12N4O/c1-7(5-10)9(11)13-8(2)3-4-12-6-14/h3,6H,1,4H2,2H3,(H2,11,13)(H,12,14)/b8-3+. The third-order valence-corrected chi connectivity index (χ3v) is 1.34. The summed E-state index contributed by atoms with van der Waals surface area (Å²) >= 11 is 0. The SMILES string of the molecule is C=C(C#N)C(N)=N/C(C)=C/CNC=O. The minimum atomic E-state index is 0.0901. The largest absolute Gasteiger partial charge is 0.383 e. The zero-order valence-corrected chi connectivity index (χ0v) is 7.95. The lowest BCUT2D eigenvalue weighted by Crippen LogP contribution is -2.14. The van der Waals surface area contributed by atoms with Gasteiger partial charge in [-0.25, -0.2) is 4.99 Å². The Morgan fingerprint density at radius 3 is 2.93 bits per heavy atom. The molecule has 0 aliphatic heterocycles. The lowest BCUT2D eigenvalue weighted by molar-refractivity contribution is -0.109. The van der Waals surface area contributed by atoms with Crippen molar-refractivity contribution in [3.63, 3.8) is 0 Å². The molecule has 5 nitrogen and oxygen atoms in total. The van der Waals surface area contributed by atoms with Crippen molar-refractivity contribution in [2.45, 2.75) is 6.92 Å². The zero-order chi connectivity index (χ0) is 11.0. The van der Waals surface area contributed by atoms with Crippen LogP contribution in [-0.4, -0.2) is 18.8 Å². The topological polar surface area (TPSA) is 91.3 Å². The first-order chi connectivity index (χ1) is 6.61. The average Bonchev–Trinajstić information content (AvgIpc) is 2.16. The van der Waals surface area contributed by atoms with Crippen LogP contribution in [0.1, 0.15) is 6.92 Å². The van der Waals surface area contributed by atoms with Crippen molar-refractivity contribution >= 4 is 12.2 Å². The normalized spacial score (nSPS) is 11.7. The maximum absolute atomic E-state index is 9.91. The molecule has 0 radical (unpaired) electrons. The van der Waals surface area contributed by atoms with E-state index in [4.69, 9.17) is 11.0 Å². The van der Waals surface area contributed by atoms with Gasteiger partial charge >= 0.3 is 0 Å². The molecule has 0 aromatic rings. The molecule has 1 amide bonds. The van der Waals surface area contributed by atoms with Crippen LogP contribution < -0.4 is 11.1 Å². The monoisotopic (exact) mass is 192 g/mol. The van der Waals surface area contributed by atoms with Gasteiger partial charge in [-0.2, -0.15) is 5.26 Å². The van der Waals surface area contributed by atoms with Crippen LogP contribution in [0.2, 0.25) is 0 Å². The number of hydrogen-bond acceptors (Lipinski definition) is 3. The molecule has 0 saturated carbocycles. The first kappa shape index (κ1) is 11.9. The van der Waals surface area contributed by atoms with Gasteiger partial charge in [0.05, 0.1) is 5.57 Å². The van der Waals surface area contributed by atoms with Gasteiger partial charge in [-0.05, 0) is 13.0 Å². The molecular weight excluding hydrogens is 180 g/mol. The van der Waals surface area contributed by atoms with E-state index in [0.29, 0.717) is 18.7 Å². The number of amides is 1. The van der Waals surface area contributed by atoms with Gasteiger partial charge in [0.2, 0.25) is 6.41 Å². The smallest absolute Gasteiger partial charge is 0.207 e. The summed E-state index contributed by atoms with van der Waals surface area (Å²) in [6.45, 7) is 5.50. The van der Waals surface area contributed by atoms with Gasteiger partial charge in [0.25, 0.3) is 0 Å². The van der Waals surface area contributed by atoms with Crippen LogP contribution in [0.15, 0.2) is 28.9 Å². The second-order valence-electron chi connectivity index (χ2n) is 2.46. The Labute approximate surface area is 82.6 Å². The summed E-state index contributed by atoms with van der Waals surface area (Å²) < 4.78 is 0. The molecule has 0 atom stereocenters. The lowest BCUT2D eigenvalue weighted by atomic mass is 10.3. The summed E-state index contributed by atoms with van der Waals surface area (Å²) in [6.07, 6.45) is 2.26. The number of hydrogen-bond donors (Lipinski definition) is 2. The molecule has 0 aliphatic carbocycles. The van der Waals surface area contributed by atoms with Gasteiger partial charge in [-0.3, -0.25) is 4.79 Å². The summed E-state index contributed by atoms with van der Waals surface area (Å²) in [5.74, 6) is 0.0901. The molecule has 0 fully saturated rings. The highest BCUT2D eigenvalue weighted by molar-refractivity contribution is 6.00. The van der Waals surface area contributed by atoms with Crippen LogP contribution in [-0.2, 0) is 4.79 Å². The Kier molecular flexibility index (Phi) is 5.47. The van der Waals surface area contributed by atoms with Gasteiger partial charge in [-0.1, -0.05) is 6.58 Å². The molecule has 14 heavy (non-hydrogen) atoms. The molecule has 0 rings (SSSR count). The molecule has 5 heteroatoms. The number of nitrogens with one attached hydrogen (secondary N) is 1. The van der Waals surface area contributed by atoms with E-state index >= 15 is 0 Å². The number of aliphatic imine (C=N–C) groups is 1. The van der Waals surface area contributed by atoms with E-state index in [-0.39, 0.29) is 11.4 Å². The van der Waals surface area contributed by atoms with Crippen molar-refractivity contribution in [1.29, 1.82) is 5.26 Å². The maximum Gasteiger partial charge on any atom is 0.207 e. The summed E-state index contributed by atoms with van der Waals surface area (Å²) in [4.78, 5) is 13.8. The van der Waals surface area contributed by atoms with E-state index in [1.807, 2.05) is 0 Å². The number of allylic oxidation sites excluding steroid dienone is 1. The van der Waals surface area contributed by atoms with Gasteiger partial charge in [-0.15, -0.1) is 0 Å². The molecule has 0 bridgehead atoms. The molecule has 3 N–H and O–H groups in total. The van der Waals surface area contributed by atoms with Crippen molar-refractivity contribution in [2.24, 2.45) is 10.7 Å². The van der Waals surface area contributed by atoms with Crippen LogP contribution in [0.25, 0.3) is 0 Å². The first-order valence-electron chi connectivity index (χ1n) is 3.89. The average molecular weight is 192 g/mol. The summed E-state index contributed by atoms with van der Waals surface area (Å²) in [6, 6.07) is 1.79. The molecule has 0 unspecified atom stereocenters. The van der Waals surface area contributed by atoms with E-state index in [1.165, 1.54) is 0 Å². The number of nitrogens with zero attached hydrogens (tertiary/aromatic N) is 2. The van der Waals surface area contributed by atoms with Crippen LogP contribution in [0.3, 0.4) is 0 Å². The number of nitrogens with two attached hydrogens (primary N) is 1. The van der Waals surface area contributed by atoms with Gasteiger partial charge in [0.1, 0.15) is 11.9 Å². The van der Waals surface area contributed by atoms with E-state index in [0.717, 1.165) is 0 Å². The number of amidine groups is 1. The molecule has 74 valence electrons. The van der Waals surface area contributed by atoms with Crippen LogP contribution in [0, 0.1) is 11.3 Å². The number of carbonyl (C=O) groups excluding carboxylic acids is 1. The van der Waals surface area contributed by atoms with Gasteiger partial charge in [0.15, 0.2) is 0 Å². The summed E-state index contributed by atoms with van der Waals surface area (Å²) in [5, 5.41) is 10.9. The van der Waals surface area contributed by atoms with Crippen molar-refractivity contribution in [3.05, 3.63) is 23.9 Å². The van der Waals surface area contributed by atoms with E-state index in [9.17, 15) is 4.79 Å². The minimum absolute atomic E-state index is 0.0901. The molecule has 0 saturated heterocycles. The van der Waals surface area contributed by atoms with E-state index < -0.39 is 0 Å². The molecule has 0 aromatic heterocycles. The second-order valence-corrected chi connectivity index (χ2v) is 2.46. The van der Waals surface area contributed by atoms with Crippen molar-refractivity contribution in [2.75, 3.05) is 6.54 Å². The van der Waals surface area contributed by atoms with Crippen LogP contribution in [0.4, 0.5) is 0 Å². The highest BCUT2D eigenvalue weighted by Crippen LogP contribution is 1.96. The Bertz CT molecular complexity index is 322. The second kappa shape index (κ2) is 6.43. The molecule has 0 heterocycles. The molecule has 0 aromatic carbocycles. The van der Waals surface area contributed by atoms with Gasteiger partial charge < -0.3 is 11.1 Å². The van der Waals surface area contributed by atoms with Crippen LogP contribution in [0.5, 0.6) is 0 Å². The lowest BCUT2D eigenvalue weighted by Gasteiger charge is -1.97. The third kappa shape index (κ3) is 4.72. The Balaban J connectivity index is 4.35. The van der Waals surface area contributed by atoms with Crippen molar-refractivity contribution in [3.8, 4) is 6.07 Å². The predicted octanol–water partition coefficient (Wildman–Crippen LogP) is 0.0732. The minimum Gasteiger partial charge on any atom is -0.383 e. The molecule has 0 aliphatic rings. The van der Waals surface area contributed by atoms with E-state index in [2.05, 4.69) is 16.9 Å². The third-order valence-electron chi connectivity index (χ3n) is 1.34. The quantitative estimate of drug-likeness (QED) is 0.212. The van der Waals surface area contributed by atoms with Crippen LogP contribution >= 0.6 is 0 Å². The fourth-order valence-electron chi connectivity index (χ4n) is 0.615.